The van der Waals surface area contributed by atoms with Gasteiger partial charge in [0.25, 0.3) is 0 Å². The average Bonchev–Trinajstić information content (AvgIpc) is 2.96. The molecule has 2 N–H and O–H groups in total. The number of rotatable bonds is 3. The Hall–Kier alpha value is -2.33. The predicted molar refractivity (Wildman–Crippen MR) is 101 cm³/mol. The Kier molecular flexibility index (Phi) is 4.45. The van der Waals surface area contributed by atoms with E-state index >= 15 is 0 Å². The van der Waals surface area contributed by atoms with Crippen LogP contribution in [-0.2, 0) is 4.74 Å². The third kappa shape index (κ3) is 3.34. The molecule has 0 radical (unpaired) electrons. The number of aliphatic hydroxyl groups is 1. The van der Waals surface area contributed by atoms with Gasteiger partial charge in [-0.2, -0.15) is 0 Å². The van der Waals surface area contributed by atoms with Gasteiger partial charge in [-0.05, 0) is 54.9 Å². The Morgan fingerprint density at radius 3 is 2.19 bits per heavy atom. The van der Waals surface area contributed by atoms with Crippen molar-refractivity contribution in [2.75, 3.05) is 6.61 Å². The second-order valence-electron chi connectivity index (χ2n) is 7.74. The topological polar surface area (TPSA) is 58.6 Å². The fourth-order valence-corrected chi connectivity index (χ4v) is 4.19. The van der Waals surface area contributed by atoms with Gasteiger partial charge < -0.3 is 15.2 Å². The first-order chi connectivity index (χ1) is 12.5. The molecule has 1 fully saturated rings. The van der Waals surface area contributed by atoms with Crippen LogP contribution >= 0.6 is 0 Å². The minimum atomic E-state index is -0.598. The SMILES string of the molecule is CC1(O)CCC(NC(=O)OCC2c3ccccc3-c3ccccc32)CC1. The van der Waals surface area contributed by atoms with Crippen molar-refractivity contribution in [1.29, 1.82) is 0 Å². The van der Waals surface area contributed by atoms with Gasteiger partial charge in [0.05, 0.1) is 5.60 Å². The standard InChI is InChI=1S/C22H25NO3/c1-22(25)12-10-15(11-13-22)23-21(24)26-14-20-18-8-4-2-6-16(18)17-7-3-5-9-19(17)20/h2-9,15,20,25H,10-14H2,1H3,(H,23,24). The van der Waals surface area contributed by atoms with Gasteiger partial charge in [-0.1, -0.05) is 48.5 Å². The lowest BCUT2D eigenvalue weighted by Crippen LogP contribution is -2.42. The fourth-order valence-electron chi connectivity index (χ4n) is 4.19. The van der Waals surface area contributed by atoms with E-state index in [1.54, 1.807) is 0 Å². The summed E-state index contributed by atoms with van der Waals surface area (Å²) in [7, 11) is 0. The number of benzene rings is 2. The molecule has 0 bridgehead atoms. The van der Waals surface area contributed by atoms with E-state index in [1.165, 1.54) is 22.3 Å². The number of hydrogen-bond donors (Lipinski definition) is 2. The molecule has 0 aliphatic heterocycles. The molecule has 0 aromatic heterocycles. The van der Waals surface area contributed by atoms with Crippen LogP contribution in [0.4, 0.5) is 4.79 Å². The Labute approximate surface area is 154 Å². The van der Waals surface area contributed by atoms with Crippen molar-refractivity contribution in [3.8, 4) is 11.1 Å². The highest BCUT2D eigenvalue weighted by atomic mass is 16.5. The summed E-state index contributed by atoms with van der Waals surface area (Å²) in [5, 5.41) is 13.0. The van der Waals surface area contributed by atoms with Crippen molar-refractivity contribution in [2.45, 2.75) is 50.2 Å². The lowest BCUT2D eigenvalue weighted by molar-refractivity contribution is 0.0136. The van der Waals surface area contributed by atoms with E-state index in [1.807, 2.05) is 31.2 Å². The van der Waals surface area contributed by atoms with Gasteiger partial charge in [0.2, 0.25) is 0 Å². The van der Waals surface area contributed by atoms with Crippen LogP contribution in [0.15, 0.2) is 48.5 Å². The summed E-state index contributed by atoms with van der Waals surface area (Å²) in [5.41, 5.74) is 4.29. The van der Waals surface area contributed by atoms with Crippen molar-refractivity contribution in [3.63, 3.8) is 0 Å². The van der Waals surface area contributed by atoms with E-state index in [4.69, 9.17) is 4.74 Å². The Bertz CT molecular complexity index is 759. The molecule has 0 spiro atoms. The first-order valence-corrected chi connectivity index (χ1v) is 9.37. The molecular weight excluding hydrogens is 326 g/mol. The van der Waals surface area contributed by atoms with Gasteiger partial charge in [-0.15, -0.1) is 0 Å². The van der Waals surface area contributed by atoms with E-state index in [0.29, 0.717) is 19.4 Å². The zero-order chi connectivity index (χ0) is 18.1. The van der Waals surface area contributed by atoms with Crippen LogP contribution in [-0.4, -0.2) is 29.4 Å². The van der Waals surface area contributed by atoms with E-state index in [9.17, 15) is 9.90 Å². The van der Waals surface area contributed by atoms with E-state index in [2.05, 4.69) is 29.6 Å². The largest absolute Gasteiger partial charge is 0.449 e. The van der Waals surface area contributed by atoms with Crippen LogP contribution in [0.3, 0.4) is 0 Å². The van der Waals surface area contributed by atoms with Gasteiger partial charge in [-0.3, -0.25) is 0 Å². The van der Waals surface area contributed by atoms with Gasteiger partial charge >= 0.3 is 6.09 Å². The number of hydrogen-bond acceptors (Lipinski definition) is 3. The number of amides is 1. The lowest BCUT2D eigenvalue weighted by Gasteiger charge is -2.33. The molecule has 4 heteroatoms. The highest BCUT2D eigenvalue weighted by Crippen LogP contribution is 2.44. The molecule has 0 unspecified atom stereocenters. The Morgan fingerprint density at radius 1 is 1.08 bits per heavy atom. The lowest BCUT2D eigenvalue weighted by atomic mass is 9.84. The van der Waals surface area contributed by atoms with Gasteiger partial charge in [0.15, 0.2) is 0 Å². The highest BCUT2D eigenvalue weighted by molar-refractivity contribution is 5.79. The van der Waals surface area contributed by atoms with E-state index in [-0.39, 0.29) is 18.1 Å². The number of ether oxygens (including phenoxy) is 1. The summed E-state index contributed by atoms with van der Waals surface area (Å²) in [5.74, 6) is 0.0836. The quantitative estimate of drug-likeness (QED) is 0.870. The van der Waals surface area contributed by atoms with Gasteiger partial charge in [0.1, 0.15) is 6.61 Å². The van der Waals surface area contributed by atoms with Crippen LogP contribution < -0.4 is 5.32 Å². The van der Waals surface area contributed by atoms with Crippen LogP contribution in [0.2, 0.25) is 0 Å². The number of carbonyl (C=O) groups is 1. The summed E-state index contributed by atoms with van der Waals surface area (Å²) >= 11 is 0. The maximum absolute atomic E-state index is 12.3. The second kappa shape index (κ2) is 6.76. The number of alkyl carbamates (subject to hydrolysis) is 1. The van der Waals surface area contributed by atoms with Crippen LogP contribution in [0.1, 0.15) is 49.7 Å². The monoisotopic (exact) mass is 351 g/mol. The molecule has 4 rings (SSSR count). The molecule has 136 valence electrons. The summed E-state index contributed by atoms with van der Waals surface area (Å²) < 4.78 is 5.58. The molecule has 26 heavy (non-hydrogen) atoms. The predicted octanol–water partition coefficient (Wildman–Crippen LogP) is 4.22. The molecule has 2 aromatic rings. The van der Waals surface area contributed by atoms with Crippen molar-refractivity contribution < 1.29 is 14.6 Å². The van der Waals surface area contributed by atoms with E-state index < -0.39 is 5.60 Å². The summed E-state index contributed by atoms with van der Waals surface area (Å²) in [6.07, 6.45) is 2.63. The first kappa shape index (κ1) is 17.1. The summed E-state index contributed by atoms with van der Waals surface area (Å²) in [6, 6.07) is 16.7. The van der Waals surface area contributed by atoms with Crippen LogP contribution in [0, 0.1) is 0 Å². The summed E-state index contributed by atoms with van der Waals surface area (Å²) in [6.45, 7) is 2.20. The normalized spacial score (nSPS) is 24.6. The maximum Gasteiger partial charge on any atom is 0.407 e. The molecular formula is C22H25NO3. The number of nitrogens with one attached hydrogen (secondary N) is 1. The number of carbonyl (C=O) groups excluding carboxylic acids is 1. The minimum Gasteiger partial charge on any atom is -0.449 e. The molecule has 2 aromatic carbocycles. The second-order valence-corrected chi connectivity index (χ2v) is 7.74. The number of fused-ring (bicyclic) bond motifs is 3. The smallest absolute Gasteiger partial charge is 0.407 e. The van der Waals surface area contributed by atoms with Crippen LogP contribution in [0.5, 0.6) is 0 Å². The molecule has 1 saturated carbocycles. The summed E-state index contributed by atoms with van der Waals surface area (Å²) in [4.78, 5) is 12.3. The Balaban J connectivity index is 1.40. The third-order valence-electron chi connectivity index (χ3n) is 5.73. The molecule has 1 amide bonds. The zero-order valence-electron chi connectivity index (χ0n) is 15.1. The minimum absolute atomic E-state index is 0.0836. The van der Waals surface area contributed by atoms with Crippen molar-refractivity contribution in [3.05, 3.63) is 59.7 Å². The fraction of sp³-hybridized carbons (Fsp3) is 0.409. The third-order valence-corrected chi connectivity index (χ3v) is 5.73. The maximum atomic E-state index is 12.3. The van der Waals surface area contributed by atoms with Crippen molar-refractivity contribution >= 4 is 6.09 Å². The Morgan fingerprint density at radius 2 is 1.62 bits per heavy atom. The van der Waals surface area contributed by atoms with E-state index in [0.717, 1.165) is 12.8 Å². The first-order valence-electron chi connectivity index (χ1n) is 9.37. The van der Waals surface area contributed by atoms with Crippen molar-refractivity contribution in [1.82, 2.24) is 5.32 Å². The molecule has 2 aliphatic rings. The van der Waals surface area contributed by atoms with Crippen molar-refractivity contribution in [2.24, 2.45) is 0 Å². The molecule has 0 saturated heterocycles. The van der Waals surface area contributed by atoms with Gasteiger partial charge in [0, 0.05) is 12.0 Å². The molecule has 0 heterocycles. The molecule has 2 aliphatic carbocycles. The molecule has 0 atom stereocenters. The van der Waals surface area contributed by atoms with Gasteiger partial charge in [-0.25, -0.2) is 4.79 Å². The van der Waals surface area contributed by atoms with Crippen LogP contribution in [0.25, 0.3) is 11.1 Å². The highest BCUT2D eigenvalue weighted by Gasteiger charge is 2.31. The average molecular weight is 351 g/mol. The zero-order valence-corrected chi connectivity index (χ0v) is 15.1. The molecule has 4 nitrogen and oxygen atoms in total.